The van der Waals surface area contributed by atoms with Gasteiger partial charge in [0.2, 0.25) is 0 Å². The summed E-state index contributed by atoms with van der Waals surface area (Å²) >= 11 is 7.61. The number of rotatable bonds is 3. The summed E-state index contributed by atoms with van der Waals surface area (Å²) in [5.74, 6) is 0.721. The van der Waals surface area contributed by atoms with Crippen LogP contribution in [0, 0.1) is 0 Å². The molecule has 3 N–H and O–H groups in total. The smallest absolute Gasteiger partial charge is 0.127 e. The third-order valence-electron chi connectivity index (χ3n) is 3.26. The average molecular weight is 318 g/mol. The Hall–Kier alpha value is -1.49. The van der Waals surface area contributed by atoms with Crippen molar-refractivity contribution in [2.75, 3.05) is 6.54 Å². The van der Waals surface area contributed by atoms with Crippen molar-refractivity contribution in [2.45, 2.75) is 22.4 Å². The fourth-order valence-electron chi connectivity index (χ4n) is 2.16. The summed E-state index contributed by atoms with van der Waals surface area (Å²) in [7, 11) is 0. The molecular formula is C16H16ClN3S. The standard InChI is InChI=1S/C16H16ClN3S/c17-12-3-7-14(8-4-12)21-13-5-1-11(2-6-13)16-19-10-9-15(18)20-16/h1-8,16,19H,9-10H2,(H2,18,20). The zero-order valence-corrected chi connectivity index (χ0v) is 13.0. The highest BCUT2D eigenvalue weighted by atomic mass is 35.5. The molecule has 2 aromatic rings. The first kappa shape index (κ1) is 14.4. The van der Waals surface area contributed by atoms with Crippen LogP contribution in [-0.2, 0) is 0 Å². The van der Waals surface area contributed by atoms with Crippen molar-refractivity contribution in [1.29, 1.82) is 0 Å². The highest BCUT2D eigenvalue weighted by Crippen LogP contribution is 2.29. The Bertz CT molecular complexity index is 638. The number of nitrogens with two attached hydrogens (primary N) is 1. The third kappa shape index (κ3) is 3.79. The second-order valence-electron chi connectivity index (χ2n) is 4.85. The maximum absolute atomic E-state index is 5.89. The lowest BCUT2D eigenvalue weighted by Gasteiger charge is -2.20. The van der Waals surface area contributed by atoms with Gasteiger partial charge in [0.15, 0.2) is 0 Å². The van der Waals surface area contributed by atoms with Gasteiger partial charge in [0.25, 0.3) is 0 Å². The molecule has 0 aliphatic carbocycles. The molecule has 2 aromatic carbocycles. The van der Waals surface area contributed by atoms with Gasteiger partial charge in [-0.3, -0.25) is 5.32 Å². The summed E-state index contributed by atoms with van der Waals surface area (Å²) < 4.78 is 0. The normalized spacial score (nSPS) is 18.3. The van der Waals surface area contributed by atoms with Crippen LogP contribution in [0.3, 0.4) is 0 Å². The van der Waals surface area contributed by atoms with Gasteiger partial charge < -0.3 is 5.73 Å². The molecule has 3 nitrogen and oxygen atoms in total. The highest BCUT2D eigenvalue weighted by Gasteiger charge is 2.14. The molecule has 0 aromatic heterocycles. The molecule has 0 saturated heterocycles. The molecule has 108 valence electrons. The van der Waals surface area contributed by atoms with Crippen molar-refractivity contribution in [1.82, 2.24) is 5.32 Å². The number of nitrogens with one attached hydrogen (secondary N) is 1. The fraction of sp³-hybridized carbons (Fsp3) is 0.188. The van der Waals surface area contributed by atoms with Crippen LogP contribution in [0.4, 0.5) is 0 Å². The number of nitrogens with zero attached hydrogens (tertiary/aromatic N) is 1. The second-order valence-corrected chi connectivity index (χ2v) is 6.44. The molecule has 0 bridgehead atoms. The second kappa shape index (κ2) is 6.52. The van der Waals surface area contributed by atoms with Crippen LogP contribution in [0.25, 0.3) is 0 Å². The lowest BCUT2D eigenvalue weighted by molar-refractivity contribution is 0.539. The van der Waals surface area contributed by atoms with Gasteiger partial charge in [0, 0.05) is 27.8 Å². The molecule has 1 aliphatic rings. The Labute approximate surface area is 133 Å². The van der Waals surface area contributed by atoms with Crippen LogP contribution in [0.5, 0.6) is 0 Å². The zero-order valence-electron chi connectivity index (χ0n) is 11.4. The lowest BCUT2D eigenvalue weighted by atomic mass is 10.1. The van der Waals surface area contributed by atoms with E-state index < -0.39 is 0 Å². The number of halogens is 1. The number of hydrogen-bond acceptors (Lipinski definition) is 4. The molecule has 1 heterocycles. The summed E-state index contributed by atoms with van der Waals surface area (Å²) in [6, 6.07) is 16.3. The van der Waals surface area contributed by atoms with Gasteiger partial charge in [-0.05, 0) is 42.0 Å². The first-order valence-corrected chi connectivity index (χ1v) is 7.99. The monoisotopic (exact) mass is 317 g/mol. The van der Waals surface area contributed by atoms with E-state index >= 15 is 0 Å². The van der Waals surface area contributed by atoms with Crippen LogP contribution < -0.4 is 11.1 Å². The van der Waals surface area contributed by atoms with E-state index in [0.29, 0.717) is 0 Å². The molecule has 0 amide bonds. The summed E-state index contributed by atoms with van der Waals surface area (Å²) in [4.78, 5) is 6.80. The first-order chi connectivity index (χ1) is 10.2. The van der Waals surface area contributed by atoms with E-state index in [1.807, 2.05) is 24.3 Å². The van der Waals surface area contributed by atoms with Crippen LogP contribution in [0.1, 0.15) is 18.2 Å². The summed E-state index contributed by atoms with van der Waals surface area (Å²) in [6.45, 7) is 0.876. The van der Waals surface area contributed by atoms with E-state index in [-0.39, 0.29) is 6.17 Å². The van der Waals surface area contributed by atoms with Crippen LogP contribution >= 0.6 is 23.4 Å². The maximum Gasteiger partial charge on any atom is 0.127 e. The van der Waals surface area contributed by atoms with Gasteiger partial charge in [0.1, 0.15) is 6.17 Å². The van der Waals surface area contributed by atoms with Crippen molar-refractivity contribution < 1.29 is 0 Å². The van der Waals surface area contributed by atoms with Gasteiger partial charge in [-0.1, -0.05) is 35.5 Å². The quantitative estimate of drug-likeness (QED) is 0.904. The van der Waals surface area contributed by atoms with Gasteiger partial charge in [-0.2, -0.15) is 0 Å². The van der Waals surface area contributed by atoms with Crippen molar-refractivity contribution in [3.8, 4) is 0 Å². The molecule has 1 aliphatic heterocycles. The molecule has 0 spiro atoms. The summed E-state index contributed by atoms with van der Waals surface area (Å²) in [5, 5.41) is 4.11. The van der Waals surface area contributed by atoms with Crippen molar-refractivity contribution in [3.05, 3.63) is 59.1 Å². The lowest BCUT2D eigenvalue weighted by Crippen LogP contribution is -2.32. The molecule has 1 unspecified atom stereocenters. The molecule has 21 heavy (non-hydrogen) atoms. The fourth-order valence-corrected chi connectivity index (χ4v) is 3.10. The van der Waals surface area contributed by atoms with E-state index in [9.17, 15) is 0 Å². The van der Waals surface area contributed by atoms with Crippen LogP contribution in [0.2, 0.25) is 5.02 Å². The van der Waals surface area contributed by atoms with E-state index in [1.54, 1.807) is 11.8 Å². The van der Waals surface area contributed by atoms with Gasteiger partial charge in [0.05, 0.1) is 5.84 Å². The topological polar surface area (TPSA) is 50.4 Å². The zero-order chi connectivity index (χ0) is 14.7. The number of hydrogen-bond donors (Lipinski definition) is 2. The molecule has 0 fully saturated rings. The minimum Gasteiger partial charge on any atom is -0.387 e. The molecule has 0 radical (unpaired) electrons. The van der Waals surface area contributed by atoms with E-state index in [0.717, 1.165) is 29.4 Å². The van der Waals surface area contributed by atoms with Crippen LogP contribution in [0.15, 0.2) is 63.3 Å². The Kier molecular flexibility index (Phi) is 4.48. The van der Waals surface area contributed by atoms with Gasteiger partial charge >= 0.3 is 0 Å². The van der Waals surface area contributed by atoms with Crippen molar-refractivity contribution in [3.63, 3.8) is 0 Å². The Morgan fingerprint density at radius 3 is 2.29 bits per heavy atom. The van der Waals surface area contributed by atoms with Crippen molar-refractivity contribution >= 4 is 29.2 Å². The minimum atomic E-state index is -0.0201. The molecule has 3 rings (SSSR count). The molecule has 1 atom stereocenters. The minimum absolute atomic E-state index is 0.0201. The Morgan fingerprint density at radius 2 is 1.67 bits per heavy atom. The van der Waals surface area contributed by atoms with E-state index in [2.05, 4.69) is 34.6 Å². The predicted octanol–water partition coefficient (Wildman–Crippen LogP) is 3.84. The maximum atomic E-state index is 5.89. The molecule has 0 saturated carbocycles. The van der Waals surface area contributed by atoms with Crippen LogP contribution in [-0.4, -0.2) is 12.4 Å². The number of aliphatic imine (C=N–C) groups is 1. The number of amidine groups is 1. The van der Waals surface area contributed by atoms with Crippen molar-refractivity contribution in [2.24, 2.45) is 10.7 Å². The first-order valence-electron chi connectivity index (χ1n) is 6.79. The predicted molar refractivity (Wildman–Crippen MR) is 89.0 cm³/mol. The number of benzene rings is 2. The average Bonchev–Trinajstić information content (AvgIpc) is 2.50. The Morgan fingerprint density at radius 1 is 1.05 bits per heavy atom. The summed E-state index contributed by atoms with van der Waals surface area (Å²) in [5.41, 5.74) is 6.94. The highest BCUT2D eigenvalue weighted by molar-refractivity contribution is 7.99. The SMILES string of the molecule is NC1=NC(c2ccc(Sc3ccc(Cl)cc3)cc2)NCC1. The third-order valence-corrected chi connectivity index (χ3v) is 4.53. The molecule has 5 heteroatoms. The molecular weight excluding hydrogens is 302 g/mol. The Balaban J connectivity index is 1.72. The summed E-state index contributed by atoms with van der Waals surface area (Å²) in [6.07, 6.45) is 0.800. The van der Waals surface area contributed by atoms with Gasteiger partial charge in [-0.15, -0.1) is 0 Å². The van der Waals surface area contributed by atoms with E-state index in [4.69, 9.17) is 17.3 Å². The largest absolute Gasteiger partial charge is 0.387 e. The van der Waals surface area contributed by atoms with Gasteiger partial charge in [-0.25, -0.2) is 4.99 Å². The van der Waals surface area contributed by atoms with E-state index in [1.165, 1.54) is 9.79 Å².